The number of cyclic esters (lactones) is 1. The number of ether oxygens (including phenoxy) is 4. The summed E-state index contributed by atoms with van der Waals surface area (Å²) in [6, 6.07) is 6.81. The van der Waals surface area contributed by atoms with Crippen LogP contribution in [0.4, 0.5) is 0 Å². The molecule has 0 aromatic heterocycles. The number of hydrogen-bond donors (Lipinski definition) is 1. The van der Waals surface area contributed by atoms with Crippen molar-refractivity contribution in [3.05, 3.63) is 52.6 Å². The lowest BCUT2D eigenvalue weighted by atomic mass is 9.83. The van der Waals surface area contributed by atoms with E-state index in [9.17, 15) is 19.5 Å². The fraction of sp³-hybridized carbons (Fsp3) is 0.414. The van der Waals surface area contributed by atoms with Gasteiger partial charge in [0, 0.05) is 36.0 Å². The molecule has 0 unspecified atom stereocenters. The normalized spacial score (nSPS) is 20.7. The molecule has 2 aromatic carbocycles. The Morgan fingerprint density at radius 2 is 1.81 bits per heavy atom. The van der Waals surface area contributed by atoms with Gasteiger partial charge in [0.05, 0.1) is 26.7 Å². The summed E-state index contributed by atoms with van der Waals surface area (Å²) in [5.74, 6) is -0.600. The van der Waals surface area contributed by atoms with Gasteiger partial charge in [-0.1, -0.05) is 18.2 Å². The van der Waals surface area contributed by atoms with E-state index >= 15 is 0 Å². The number of rotatable bonds is 3. The highest BCUT2D eigenvalue weighted by molar-refractivity contribution is 5.98. The fourth-order valence-electron chi connectivity index (χ4n) is 4.89. The maximum atomic E-state index is 13.3. The first-order valence-electron chi connectivity index (χ1n) is 12.5. The van der Waals surface area contributed by atoms with Crippen LogP contribution >= 0.6 is 0 Å². The van der Waals surface area contributed by atoms with Crippen molar-refractivity contribution in [2.45, 2.75) is 63.9 Å². The van der Waals surface area contributed by atoms with Crippen LogP contribution in [0.5, 0.6) is 23.0 Å². The number of Topliss-reactive ketones (excluding diaryl/α,β-unsaturated/α-hetero) is 1. The number of carbonyl (C=O) groups is 3. The topological polar surface area (TPSA) is 108 Å². The number of esters is 2. The molecule has 0 fully saturated rings. The summed E-state index contributed by atoms with van der Waals surface area (Å²) >= 11 is 0. The van der Waals surface area contributed by atoms with Gasteiger partial charge in [0.1, 0.15) is 34.3 Å². The highest BCUT2D eigenvalue weighted by atomic mass is 16.5. The second-order valence-electron chi connectivity index (χ2n) is 9.38. The summed E-state index contributed by atoms with van der Waals surface area (Å²) < 4.78 is 22.1. The Morgan fingerprint density at radius 3 is 2.57 bits per heavy atom. The summed E-state index contributed by atoms with van der Waals surface area (Å²) in [5.41, 5.74) is 1.38. The first-order chi connectivity index (χ1) is 17.8. The number of allylic oxidation sites excluding steroid dienone is 1. The second-order valence-corrected chi connectivity index (χ2v) is 9.38. The molecule has 37 heavy (non-hydrogen) atoms. The van der Waals surface area contributed by atoms with Crippen LogP contribution in [-0.4, -0.2) is 43.2 Å². The van der Waals surface area contributed by atoms with Crippen LogP contribution in [0.3, 0.4) is 0 Å². The van der Waals surface area contributed by atoms with Gasteiger partial charge in [-0.25, -0.2) is 4.79 Å². The van der Waals surface area contributed by atoms with Gasteiger partial charge in [-0.05, 0) is 50.3 Å². The van der Waals surface area contributed by atoms with Crippen molar-refractivity contribution in [3.63, 3.8) is 0 Å². The van der Waals surface area contributed by atoms with Crippen molar-refractivity contribution in [3.8, 4) is 23.0 Å². The number of ketones is 1. The molecule has 2 aliphatic rings. The Kier molecular flexibility index (Phi) is 8.16. The molecule has 0 radical (unpaired) electrons. The number of phenolic OH excluding ortho intramolecular Hbond substituents is 1. The highest BCUT2D eigenvalue weighted by Gasteiger charge is 2.36. The zero-order valence-electron chi connectivity index (χ0n) is 21.4. The molecule has 1 N–H and O–H groups in total. The third kappa shape index (κ3) is 5.79. The third-order valence-corrected chi connectivity index (χ3v) is 6.79. The highest BCUT2D eigenvalue weighted by Crippen LogP contribution is 2.49. The number of aromatic hydroxyl groups is 1. The van der Waals surface area contributed by atoms with Crippen molar-refractivity contribution >= 4 is 23.8 Å². The van der Waals surface area contributed by atoms with Gasteiger partial charge >= 0.3 is 11.9 Å². The molecule has 2 heterocycles. The van der Waals surface area contributed by atoms with E-state index in [1.165, 1.54) is 7.11 Å². The molecule has 2 aromatic rings. The van der Waals surface area contributed by atoms with Crippen molar-refractivity contribution in [2.24, 2.45) is 0 Å². The number of methoxy groups -OCH3 is 2. The molecule has 0 aliphatic carbocycles. The average molecular weight is 509 g/mol. The largest absolute Gasteiger partial charge is 0.507 e. The second kappa shape index (κ2) is 11.5. The van der Waals surface area contributed by atoms with Crippen LogP contribution in [0.2, 0.25) is 0 Å². The van der Waals surface area contributed by atoms with E-state index in [0.29, 0.717) is 66.7 Å². The Labute approximate surface area is 216 Å². The Bertz CT molecular complexity index is 1230. The van der Waals surface area contributed by atoms with Crippen LogP contribution < -0.4 is 14.2 Å². The van der Waals surface area contributed by atoms with Crippen molar-refractivity contribution in [1.82, 2.24) is 0 Å². The van der Waals surface area contributed by atoms with Crippen LogP contribution in [0.15, 0.2) is 30.3 Å². The monoisotopic (exact) mass is 508 g/mol. The van der Waals surface area contributed by atoms with Crippen LogP contribution in [0, 0.1) is 0 Å². The smallest absolute Gasteiger partial charge is 0.342 e. The molecule has 0 spiro atoms. The lowest BCUT2D eigenvalue weighted by molar-refractivity contribution is -0.135. The minimum absolute atomic E-state index is 0.0189. The van der Waals surface area contributed by atoms with Crippen LogP contribution in [0.1, 0.15) is 84.8 Å². The number of hydrogen-bond acceptors (Lipinski definition) is 8. The molecular weight excluding hydrogens is 476 g/mol. The number of phenols is 1. The lowest BCUT2D eigenvalue weighted by Crippen LogP contribution is -2.23. The third-order valence-electron chi connectivity index (χ3n) is 6.79. The lowest BCUT2D eigenvalue weighted by Gasteiger charge is -2.28. The molecular formula is C29H32O8. The van der Waals surface area contributed by atoms with Gasteiger partial charge in [0.2, 0.25) is 0 Å². The van der Waals surface area contributed by atoms with E-state index in [1.807, 2.05) is 6.08 Å². The Morgan fingerprint density at radius 1 is 1.03 bits per heavy atom. The van der Waals surface area contributed by atoms with Gasteiger partial charge in [-0.2, -0.15) is 0 Å². The van der Waals surface area contributed by atoms with Crippen molar-refractivity contribution < 1.29 is 38.4 Å². The van der Waals surface area contributed by atoms with E-state index in [4.69, 9.17) is 18.9 Å². The molecule has 4 rings (SSSR count). The van der Waals surface area contributed by atoms with E-state index in [1.54, 1.807) is 44.4 Å². The minimum atomic E-state index is -0.673. The zero-order valence-corrected chi connectivity index (χ0v) is 21.4. The van der Waals surface area contributed by atoms with E-state index < -0.39 is 24.0 Å². The molecule has 8 heteroatoms. The number of benzene rings is 2. The van der Waals surface area contributed by atoms with Crippen molar-refractivity contribution in [1.29, 1.82) is 0 Å². The average Bonchev–Trinajstić information content (AvgIpc) is 2.86. The van der Waals surface area contributed by atoms with Gasteiger partial charge in [0.25, 0.3) is 0 Å². The summed E-state index contributed by atoms with van der Waals surface area (Å²) in [6.07, 6.45) is 6.48. The SMILES string of the molecule is COc1ccc([C@H]2CC(=O)Oc3cc4c(c(O)c32)C(=O)O[C@H](C)CCCC(=O)CCCC=C4)c(OC)c1. The van der Waals surface area contributed by atoms with Gasteiger partial charge in [-0.3, -0.25) is 9.59 Å². The first-order valence-corrected chi connectivity index (χ1v) is 12.5. The van der Waals surface area contributed by atoms with E-state index in [2.05, 4.69) is 0 Å². The predicted octanol–water partition coefficient (Wildman–Crippen LogP) is 5.33. The summed E-state index contributed by atoms with van der Waals surface area (Å²) in [7, 11) is 3.06. The van der Waals surface area contributed by atoms with Crippen LogP contribution in [0.25, 0.3) is 6.08 Å². The maximum Gasteiger partial charge on any atom is 0.342 e. The Hall–Kier alpha value is -3.81. The molecule has 0 amide bonds. The van der Waals surface area contributed by atoms with Crippen molar-refractivity contribution in [2.75, 3.05) is 14.2 Å². The minimum Gasteiger partial charge on any atom is -0.507 e. The summed E-state index contributed by atoms with van der Waals surface area (Å²) in [5, 5.41) is 11.5. The molecule has 2 atom stereocenters. The molecule has 0 bridgehead atoms. The van der Waals surface area contributed by atoms with E-state index in [0.717, 1.165) is 0 Å². The fourth-order valence-corrected chi connectivity index (χ4v) is 4.89. The number of fused-ring (bicyclic) bond motifs is 2. The molecule has 0 saturated carbocycles. The maximum absolute atomic E-state index is 13.3. The van der Waals surface area contributed by atoms with Crippen LogP contribution in [-0.2, 0) is 14.3 Å². The summed E-state index contributed by atoms with van der Waals surface area (Å²) in [6.45, 7) is 1.77. The van der Waals surface area contributed by atoms with Gasteiger partial charge in [-0.15, -0.1) is 0 Å². The molecule has 0 saturated heterocycles. The quantitative estimate of drug-likeness (QED) is 0.438. The van der Waals surface area contributed by atoms with Gasteiger partial charge < -0.3 is 24.1 Å². The summed E-state index contributed by atoms with van der Waals surface area (Å²) in [4.78, 5) is 38.0. The standard InChI is InChI=1S/C29H32O8/c1-17-8-7-11-19(30)10-6-4-5-9-18-14-24-27(28(32)26(18)29(33)36-17)22(16-25(31)37-24)21-13-12-20(34-2)15-23(21)35-3/h5,9,12-15,17,22,32H,4,6-8,10-11,16H2,1-3H3/t17-,22-/m1/s1. The molecule has 2 aliphatic heterocycles. The van der Waals surface area contributed by atoms with Gasteiger partial charge in [0.15, 0.2) is 0 Å². The Balaban J connectivity index is 1.84. The molecule has 8 nitrogen and oxygen atoms in total. The predicted molar refractivity (Wildman–Crippen MR) is 136 cm³/mol. The zero-order chi connectivity index (χ0) is 26.5. The van der Waals surface area contributed by atoms with E-state index in [-0.39, 0.29) is 29.3 Å². The first kappa shape index (κ1) is 26.3. The molecule has 196 valence electrons. The number of carbonyl (C=O) groups excluding carboxylic acids is 3.